The highest BCUT2D eigenvalue weighted by Crippen LogP contribution is 2.21. The predicted octanol–water partition coefficient (Wildman–Crippen LogP) is 3.33. The van der Waals surface area contributed by atoms with Crippen LogP contribution in [0.3, 0.4) is 0 Å². The summed E-state index contributed by atoms with van der Waals surface area (Å²) in [6.07, 6.45) is 2.28. The highest BCUT2D eigenvalue weighted by molar-refractivity contribution is 6.30. The van der Waals surface area contributed by atoms with Gasteiger partial charge in [-0.15, -0.1) is 0 Å². The number of carbonyl (C=O) groups excluding carboxylic acids is 1. The van der Waals surface area contributed by atoms with Gasteiger partial charge in [0.25, 0.3) is 0 Å². The number of ether oxygens (including phenoxy) is 1. The molecule has 3 aromatic rings. The van der Waals surface area contributed by atoms with E-state index in [1.165, 1.54) is 6.20 Å². The fourth-order valence-electron chi connectivity index (χ4n) is 2.89. The molecule has 0 aliphatic heterocycles. The van der Waals surface area contributed by atoms with E-state index in [9.17, 15) is 9.59 Å². The van der Waals surface area contributed by atoms with Crippen molar-refractivity contribution in [3.8, 4) is 5.75 Å². The fourth-order valence-corrected chi connectivity index (χ4v) is 3.12. The van der Waals surface area contributed by atoms with E-state index in [0.29, 0.717) is 36.5 Å². The highest BCUT2D eigenvalue weighted by atomic mass is 35.5. The van der Waals surface area contributed by atoms with Crippen LogP contribution >= 0.6 is 11.6 Å². The summed E-state index contributed by atoms with van der Waals surface area (Å²) in [5.74, 6) is 0.735. The van der Waals surface area contributed by atoms with Crippen molar-refractivity contribution >= 4 is 28.4 Å². The monoisotopic (exact) mass is 399 g/mol. The number of hydrogen-bond acceptors (Lipinski definition) is 4. The van der Waals surface area contributed by atoms with E-state index in [1.807, 2.05) is 37.3 Å². The first-order valence-electron chi connectivity index (χ1n) is 9.15. The van der Waals surface area contributed by atoms with Gasteiger partial charge in [-0.05, 0) is 49.2 Å². The van der Waals surface area contributed by atoms with Crippen molar-refractivity contribution in [1.29, 1.82) is 0 Å². The molecule has 0 aliphatic carbocycles. The number of halogens is 1. The van der Waals surface area contributed by atoms with Gasteiger partial charge in [-0.25, -0.2) is 0 Å². The normalized spacial score (nSPS) is 10.8. The summed E-state index contributed by atoms with van der Waals surface area (Å²) in [6.45, 7) is 3.39. The van der Waals surface area contributed by atoms with E-state index in [1.54, 1.807) is 16.8 Å². The lowest BCUT2D eigenvalue weighted by molar-refractivity contribution is -0.121. The second-order valence-corrected chi connectivity index (χ2v) is 6.90. The summed E-state index contributed by atoms with van der Waals surface area (Å²) < 4.78 is 7.39. The van der Waals surface area contributed by atoms with Gasteiger partial charge in [-0.2, -0.15) is 5.10 Å². The number of benzene rings is 2. The van der Waals surface area contributed by atoms with Gasteiger partial charge in [0.1, 0.15) is 5.75 Å². The molecule has 7 heteroatoms. The Bertz CT molecular complexity index is 1030. The van der Waals surface area contributed by atoms with Crippen LogP contribution in [0.25, 0.3) is 10.9 Å². The number of amides is 1. The third-order valence-corrected chi connectivity index (χ3v) is 4.59. The first-order valence-corrected chi connectivity index (χ1v) is 9.53. The number of rotatable bonds is 8. The molecule has 1 heterocycles. The molecule has 0 bridgehead atoms. The minimum atomic E-state index is -0.118. The molecule has 6 nitrogen and oxygen atoms in total. The SMILES string of the molecule is Cc1cc(Cl)ccc1OCCCNC(=O)CCn1ncc(=O)c2ccccc21. The Hall–Kier alpha value is -2.86. The highest BCUT2D eigenvalue weighted by Gasteiger charge is 2.06. The summed E-state index contributed by atoms with van der Waals surface area (Å²) in [7, 11) is 0. The van der Waals surface area contributed by atoms with Gasteiger partial charge < -0.3 is 10.1 Å². The Kier molecular flexibility index (Phi) is 6.66. The van der Waals surface area contributed by atoms with Crippen molar-refractivity contribution in [2.75, 3.05) is 13.2 Å². The van der Waals surface area contributed by atoms with E-state index >= 15 is 0 Å². The number of carbonyl (C=O) groups is 1. The molecule has 1 N–H and O–H groups in total. The maximum Gasteiger partial charge on any atom is 0.221 e. The molecule has 0 fully saturated rings. The quantitative estimate of drug-likeness (QED) is 0.589. The number of hydrogen-bond donors (Lipinski definition) is 1. The van der Waals surface area contributed by atoms with Crippen molar-refractivity contribution in [3.63, 3.8) is 0 Å². The summed E-state index contributed by atoms with van der Waals surface area (Å²) >= 11 is 5.92. The maximum absolute atomic E-state index is 12.1. The second-order valence-electron chi connectivity index (χ2n) is 6.46. The van der Waals surface area contributed by atoms with E-state index in [0.717, 1.165) is 16.8 Å². The van der Waals surface area contributed by atoms with Crippen LogP contribution in [0.2, 0.25) is 5.02 Å². The average Bonchev–Trinajstić information content (AvgIpc) is 2.69. The molecule has 146 valence electrons. The average molecular weight is 400 g/mol. The van der Waals surface area contributed by atoms with Gasteiger partial charge in [0.15, 0.2) is 0 Å². The zero-order valence-corrected chi connectivity index (χ0v) is 16.4. The van der Waals surface area contributed by atoms with Crippen LogP contribution in [-0.4, -0.2) is 28.8 Å². The molecule has 28 heavy (non-hydrogen) atoms. The molecular weight excluding hydrogens is 378 g/mol. The molecule has 0 spiro atoms. The van der Waals surface area contributed by atoms with Gasteiger partial charge in [0.2, 0.25) is 11.3 Å². The lowest BCUT2D eigenvalue weighted by atomic mass is 10.2. The molecule has 2 aromatic carbocycles. The Morgan fingerprint density at radius 2 is 2.07 bits per heavy atom. The van der Waals surface area contributed by atoms with Crippen LogP contribution in [-0.2, 0) is 11.3 Å². The molecule has 0 saturated carbocycles. The van der Waals surface area contributed by atoms with Crippen LogP contribution in [0.1, 0.15) is 18.4 Å². The third kappa shape index (κ3) is 5.10. The van der Waals surface area contributed by atoms with Gasteiger partial charge in [-0.1, -0.05) is 23.7 Å². The van der Waals surface area contributed by atoms with Crippen LogP contribution in [0, 0.1) is 6.92 Å². The Morgan fingerprint density at radius 3 is 2.89 bits per heavy atom. The number of para-hydroxylation sites is 1. The van der Waals surface area contributed by atoms with Gasteiger partial charge in [0, 0.05) is 23.4 Å². The number of nitrogens with zero attached hydrogens (tertiary/aromatic N) is 2. The predicted molar refractivity (Wildman–Crippen MR) is 110 cm³/mol. The first kappa shape index (κ1) is 19.9. The number of aryl methyl sites for hydroxylation is 2. The van der Waals surface area contributed by atoms with Crippen LogP contribution in [0.4, 0.5) is 0 Å². The summed E-state index contributed by atoms with van der Waals surface area (Å²) in [6, 6.07) is 12.7. The zero-order valence-electron chi connectivity index (χ0n) is 15.7. The van der Waals surface area contributed by atoms with Crippen LogP contribution in [0.5, 0.6) is 5.75 Å². The molecule has 3 rings (SSSR count). The van der Waals surface area contributed by atoms with Crippen LogP contribution < -0.4 is 15.5 Å². The molecule has 0 saturated heterocycles. The van der Waals surface area contributed by atoms with Crippen molar-refractivity contribution in [2.24, 2.45) is 0 Å². The van der Waals surface area contributed by atoms with E-state index in [2.05, 4.69) is 10.4 Å². The van der Waals surface area contributed by atoms with Gasteiger partial charge in [-0.3, -0.25) is 14.3 Å². The van der Waals surface area contributed by atoms with Crippen molar-refractivity contribution in [1.82, 2.24) is 15.1 Å². The summed E-state index contributed by atoms with van der Waals surface area (Å²) in [5, 5.41) is 8.30. The van der Waals surface area contributed by atoms with E-state index in [4.69, 9.17) is 16.3 Å². The standard InChI is InChI=1S/C21H22ClN3O3/c1-15-13-16(22)7-8-20(15)28-12-4-10-23-21(27)9-11-25-18-6-3-2-5-17(18)19(26)14-24-25/h2-3,5-8,13-14H,4,9-12H2,1H3,(H,23,27). The second kappa shape index (κ2) is 9.37. The summed E-state index contributed by atoms with van der Waals surface area (Å²) in [4.78, 5) is 23.9. The first-order chi connectivity index (χ1) is 13.5. The smallest absolute Gasteiger partial charge is 0.221 e. The third-order valence-electron chi connectivity index (χ3n) is 4.35. The Labute approximate surface area is 168 Å². The van der Waals surface area contributed by atoms with E-state index < -0.39 is 0 Å². The topological polar surface area (TPSA) is 73.2 Å². The Morgan fingerprint density at radius 1 is 1.25 bits per heavy atom. The van der Waals surface area contributed by atoms with Crippen molar-refractivity contribution in [2.45, 2.75) is 26.3 Å². The molecule has 0 aliphatic rings. The minimum absolute atomic E-state index is 0.0627. The molecule has 0 atom stereocenters. The molecule has 0 unspecified atom stereocenters. The van der Waals surface area contributed by atoms with E-state index in [-0.39, 0.29) is 17.8 Å². The number of aromatic nitrogens is 2. The fraction of sp³-hybridized carbons (Fsp3) is 0.286. The van der Waals surface area contributed by atoms with Crippen LogP contribution in [0.15, 0.2) is 53.5 Å². The van der Waals surface area contributed by atoms with Gasteiger partial charge >= 0.3 is 0 Å². The molecule has 0 radical (unpaired) electrons. The number of fused-ring (bicyclic) bond motifs is 1. The molecular formula is C21H22ClN3O3. The van der Waals surface area contributed by atoms with Gasteiger partial charge in [0.05, 0.1) is 24.9 Å². The lowest BCUT2D eigenvalue weighted by Gasteiger charge is -2.11. The Balaban J connectivity index is 1.42. The summed E-state index contributed by atoms with van der Waals surface area (Å²) in [5.41, 5.74) is 1.60. The largest absolute Gasteiger partial charge is 0.493 e. The number of nitrogens with one attached hydrogen (secondary N) is 1. The van der Waals surface area contributed by atoms with Crippen molar-refractivity contribution < 1.29 is 9.53 Å². The molecule has 1 aromatic heterocycles. The van der Waals surface area contributed by atoms with Crippen molar-refractivity contribution in [3.05, 3.63) is 69.5 Å². The molecule has 1 amide bonds. The maximum atomic E-state index is 12.1. The zero-order chi connectivity index (χ0) is 19.9. The lowest BCUT2D eigenvalue weighted by Crippen LogP contribution is -2.27. The minimum Gasteiger partial charge on any atom is -0.493 e.